The Morgan fingerprint density at radius 3 is 1.80 bits per heavy atom. The number of rotatable bonds is 5. The Hall–Kier alpha value is -6.71. The van der Waals surface area contributed by atoms with Gasteiger partial charge in [-0.1, -0.05) is 133 Å². The second kappa shape index (κ2) is 11.5. The van der Waals surface area contributed by atoms with Crippen molar-refractivity contribution in [3.05, 3.63) is 182 Å². The summed E-state index contributed by atoms with van der Waals surface area (Å²) in [5, 5.41) is 4.64. The molecule has 0 atom stereocenters. The van der Waals surface area contributed by atoms with Crippen molar-refractivity contribution >= 4 is 43.7 Å². The molecular weight excluding hydrogens is 609 g/mol. The molecule has 234 valence electrons. The molecule has 0 radical (unpaired) electrons. The summed E-state index contributed by atoms with van der Waals surface area (Å²) in [5.41, 5.74) is 13.7. The number of pyridine rings is 1. The molecule has 0 saturated heterocycles. The van der Waals surface area contributed by atoms with Gasteiger partial charge in [0.05, 0.1) is 22.4 Å². The minimum atomic E-state index is 0.887. The van der Waals surface area contributed by atoms with Crippen LogP contribution in [0.3, 0.4) is 0 Å². The van der Waals surface area contributed by atoms with E-state index >= 15 is 0 Å². The number of fused-ring (bicyclic) bond motifs is 6. The Kier molecular flexibility index (Phi) is 6.49. The fourth-order valence-electron chi connectivity index (χ4n) is 7.41. The van der Waals surface area contributed by atoms with Crippen molar-refractivity contribution in [3.63, 3.8) is 0 Å². The van der Waals surface area contributed by atoms with Crippen molar-refractivity contribution in [2.24, 2.45) is 0 Å². The molecule has 3 heteroatoms. The molecule has 0 amide bonds. The average Bonchev–Trinajstić information content (AvgIpc) is 3.74. The first-order valence-corrected chi connectivity index (χ1v) is 17.0. The smallest absolute Gasteiger partial charge is 0.143 e. The number of nitrogens with zero attached hydrogens (tertiary/aromatic N) is 2. The van der Waals surface area contributed by atoms with Crippen LogP contribution in [-0.4, -0.2) is 9.55 Å². The standard InChI is InChI=1S/C47H30N2O/c1-3-12-31(13-4-1)32-22-24-33(25-23-32)42-29-35(37-18-11-19-40-39-17-8-10-21-46(39)50-47(37)40)30-43(48-42)34-26-27-45-41(28-34)38-16-7-9-20-44(38)49(45)36-14-5-2-6-15-36/h1-30H. The number of benzene rings is 7. The first-order chi connectivity index (χ1) is 24.8. The van der Waals surface area contributed by atoms with E-state index in [9.17, 15) is 0 Å². The Balaban J connectivity index is 1.18. The van der Waals surface area contributed by atoms with Gasteiger partial charge in [0.25, 0.3) is 0 Å². The Morgan fingerprint density at radius 1 is 0.380 bits per heavy atom. The Morgan fingerprint density at radius 2 is 0.980 bits per heavy atom. The van der Waals surface area contributed by atoms with Crippen LogP contribution < -0.4 is 0 Å². The molecule has 10 aromatic rings. The third-order valence-electron chi connectivity index (χ3n) is 9.81. The van der Waals surface area contributed by atoms with Gasteiger partial charge in [0, 0.05) is 43.9 Å². The van der Waals surface area contributed by atoms with Gasteiger partial charge >= 0.3 is 0 Å². The minimum Gasteiger partial charge on any atom is -0.455 e. The highest BCUT2D eigenvalue weighted by Crippen LogP contribution is 2.40. The first kappa shape index (κ1) is 28.3. The van der Waals surface area contributed by atoms with E-state index in [0.717, 1.165) is 61.3 Å². The van der Waals surface area contributed by atoms with Gasteiger partial charge in [0.1, 0.15) is 11.2 Å². The maximum absolute atomic E-state index is 6.52. The summed E-state index contributed by atoms with van der Waals surface area (Å²) in [6.45, 7) is 0. The monoisotopic (exact) mass is 638 g/mol. The van der Waals surface area contributed by atoms with Crippen LogP contribution in [0.5, 0.6) is 0 Å². The van der Waals surface area contributed by atoms with E-state index in [4.69, 9.17) is 9.40 Å². The predicted molar refractivity (Wildman–Crippen MR) is 208 cm³/mol. The van der Waals surface area contributed by atoms with E-state index < -0.39 is 0 Å². The fraction of sp³-hybridized carbons (Fsp3) is 0. The maximum Gasteiger partial charge on any atom is 0.143 e. The zero-order valence-corrected chi connectivity index (χ0v) is 27.1. The molecule has 3 heterocycles. The van der Waals surface area contributed by atoms with E-state index in [1.54, 1.807) is 0 Å². The molecule has 0 fully saturated rings. The molecule has 0 N–H and O–H groups in total. The molecule has 0 spiro atoms. The Labute approximate surface area is 289 Å². The molecule has 0 saturated carbocycles. The summed E-state index contributed by atoms with van der Waals surface area (Å²) in [6, 6.07) is 64.3. The van der Waals surface area contributed by atoms with E-state index in [-0.39, 0.29) is 0 Å². The summed E-state index contributed by atoms with van der Waals surface area (Å²) >= 11 is 0. The molecule has 3 aromatic heterocycles. The Bertz CT molecular complexity index is 2850. The summed E-state index contributed by atoms with van der Waals surface area (Å²) < 4.78 is 8.87. The molecule has 10 rings (SSSR count). The van der Waals surface area contributed by atoms with Gasteiger partial charge in [-0.3, -0.25) is 0 Å². The van der Waals surface area contributed by atoms with E-state index in [1.807, 2.05) is 18.2 Å². The summed E-state index contributed by atoms with van der Waals surface area (Å²) in [6.07, 6.45) is 0. The largest absolute Gasteiger partial charge is 0.455 e. The first-order valence-electron chi connectivity index (χ1n) is 17.0. The van der Waals surface area contributed by atoms with E-state index in [1.165, 1.54) is 32.9 Å². The number of hydrogen-bond donors (Lipinski definition) is 0. The lowest BCUT2D eigenvalue weighted by atomic mass is 9.97. The highest BCUT2D eigenvalue weighted by molar-refractivity contribution is 6.11. The third kappa shape index (κ3) is 4.63. The second-order valence-electron chi connectivity index (χ2n) is 12.8. The summed E-state index contributed by atoms with van der Waals surface area (Å²) in [5.74, 6) is 0. The number of furan rings is 1. The van der Waals surface area contributed by atoms with Crippen LogP contribution in [0.1, 0.15) is 0 Å². The lowest BCUT2D eigenvalue weighted by molar-refractivity contribution is 0.670. The predicted octanol–water partition coefficient (Wildman–Crippen LogP) is 12.7. The van der Waals surface area contributed by atoms with E-state index in [2.05, 4.69) is 168 Å². The molecule has 3 nitrogen and oxygen atoms in total. The highest BCUT2D eigenvalue weighted by Gasteiger charge is 2.17. The van der Waals surface area contributed by atoms with Crippen LogP contribution >= 0.6 is 0 Å². The van der Waals surface area contributed by atoms with Gasteiger partial charge < -0.3 is 8.98 Å². The molecular formula is C47H30N2O. The number of hydrogen-bond acceptors (Lipinski definition) is 2. The van der Waals surface area contributed by atoms with Crippen LogP contribution in [0.2, 0.25) is 0 Å². The van der Waals surface area contributed by atoms with Crippen LogP contribution in [0.4, 0.5) is 0 Å². The number of aromatic nitrogens is 2. The van der Waals surface area contributed by atoms with Crippen molar-refractivity contribution in [2.45, 2.75) is 0 Å². The van der Waals surface area contributed by atoms with Gasteiger partial charge in [0.15, 0.2) is 0 Å². The van der Waals surface area contributed by atoms with Gasteiger partial charge in [0.2, 0.25) is 0 Å². The van der Waals surface area contributed by atoms with Crippen molar-refractivity contribution in [3.8, 4) is 50.5 Å². The van der Waals surface area contributed by atoms with Crippen LogP contribution in [-0.2, 0) is 0 Å². The van der Waals surface area contributed by atoms with Crippen molar-refractivity contribution in [2.75, 3.05) is 0 Å². The van der Waals surface area contributed by atoms with Gasteiger partial charge in [-0.2, -0.15) is 0 Å². The van der Waals surface area contributed by atoms with Gasteiger partial charge in [-0.05, 0) is 65.2 Å². The highest BCUT2D eigenvalue weighted by atomic mass is 16.3. The lowest BCUT2D eigenvalue weighted by Crippen LogP contribution is -1.94. The molecule has 0 unspecified atom stereocenters. The van der Waals surface area contributed by atoms with Crippen molar-refractivity contribution in [1.29, 1.82) is 0 Å². The fourth-order valence-corrected chi connectivity index (χ4v) is 7.41. The lowest BCUT2D eigenvalue weighted by Gasteiger charge is -2.12. The summed E-state index contributed by atoms with van der Waals surface area (Å²) in [7, 11) is 0. The minimum absolute atomic E-state index is 0.887. The second-order valence-corrected chi connectivity index (χ2v) is 12.8. The molecule has 0 aliphatic carbocycles. The van der Waals surface area contributed by atoms with Crippen LogP contribution in [0, 0.1) is 0 Å². The zero-order chi connectivity index (χ0) is 33.0. The van der Waals surface area contributed by atoms with E-state index in [0.29, 0.717) is 0 Å². The van der Waals surface area contributed by atoms with Crippen molar-refractivity contribution in [1.82, 2.24) is 9.55 Å². The molecule has 0 bridgehead atoms. The third-order valence-corrected chi connectivity index (χ3v) is 9.81. The maximum atomic E-state index is 6.52. The molecule has 0 aliphatic heterocycles. The summed E-state index contributed by atoms with van der Waals surface area (Å²) in [4.78, 5) is 5.34. The quantitative estimate of drug-likeness (QED) is 0.188. The topological polar surface area (TPSA) is 31.0 Å². The SMILES string of the molecule is c1ccc(-c2ccc(-c3cc(-c4cccc5c4oc4ccccc45)cc(-c4ccc5c(c4)c4ccccc4n5-c4ccccc4)n3)cc2)cc1. The van der Waals surface area contributed by atoms with Gasteiger partial charge in [-0.15, -0.1) is 0 Å². The normalized spacial score (nSPS) is 11.6. The average molecular weight is 639 g/mol. The molecule has 7 aromatic carbocycles. The van der Waals surface area contributed by atoms with Crippen molar-refractivity contribution < 1.29 is 4.42 Å². The van der Waals surface area contributed by atoms with Gasteiger partial charge in [-0.25, -0.2) is 4.98 Å². The zero-order valence-electron chi connectivity index (χ0n) is 27.1. The molecule has 0 aliphatic rings. The molecule has 50 heavy (non-hydrogen) atoms. The van der Waals surface area contributed by atoms with Crippen LogP contribution in [0.15, 0.2) is 186 Å². The number of para-hydroxylation sites is 4. The van der Waals surface area contributed by atoms with Crippen LogP contribution in [0.25, 0.3) is 94.2 Å².